The summed E-state index contributed by atoms with van der Waals surface area (Å²) in [5, 5.41) is 20.7. The van der Waals surface area contributed by atoms with Crippen LogP contribution in [0.3, 0.4) is 0 Å². The van der Waals surface area contributed by atoms with Gasteiger partial charge in [0.05, 0.1) is 40.6 Å². The number of aliphatic hydroxyl groups excluding tert-OH is 2. The topological polar surface area (TPSA) is 77.4 Å². The number of hydrogen-bond donors (Lipinski definition) is 2. The fourth-order valence-corrected chi connectivity index (χ4v) is 4.24. The Balaban J connectivity index is 2.32. The standard InChI is InChI=1S/C26H38O6/c1-17(27)7-10-21(13-19-8-11-23(29-3)25(15-19)31-5)22(18(2)28)14-20-9-12-24(30-4)26(16-20)32-6/h8-9,11-12,15-18,21-22,27-28H,7,10,13-14H2,1-6H3/t17-,18-,21-,22+/m0/s1. The van der Waals surface area contributed by atoms with Crippen molar-refractivity contribution in [2.75, 3.05) is 28.4 Å². The second-order valence-corrected chi connectivity index (χ2v) is 8.38. The summed E-state index contributed by atoms with van der Waals surface area (Å²) in [5.41, 5.74) is 2.18. The third-order valence-corrected chi connectivity index (χ3v) is 6.05. The molecular weight excluding hydrogens is 408 g/mol. The molecule has 6 heteroatoms. The van der Waals surface area contributed by atoms with Gasteiger partial charge in [0.1, 0.15) is 0 Å². The van der Waals surface area contributed by atoms with Gasteiger partial charge in [-0.15, -0.1) is 0 Å². The molecular formula is C26H38O6. The Labute approximate surface area is 192 Å². The van der Waals surface area contributed by atoms with E-state index in [1.165, 1.54) is 0 Å². The predicted molar refractivity (Wildman–Crippen MR) is 126 cm³/mol. The fourth-order valence-electron chi connectivity index (χ4n) is 4.24. The molecule has 0 amide bonds. The lowest BCUT2D eigenvalue weighted by Crippen LogP contribution is -2.30. The number of rotatable bonds is 13. The van der Waals surface area contributed by atoms with E-state index in [2.05, 4.69) is 0 Å². The van der Waals surface area contributed by atoms with Gasteiger partial charge < -0.3 is 29.2 Å². The Kier molecular flexibility index (Phi) is 10.1. The van der Waals surface area contributed by atoms with Gasteiger partial charge in [-0.25, -0.2) is 0 Å². The Morgan fingerprint density at radius 1 is 0.656 bits per heavy atom. The summed E-state index contributed by atoms with van der Waals surface area (Å²) < 4.78 is 21.6. The maximum atomic E-state index is 10.7. The summed E-state index contributed by atoms with van der Waals surface area (Å²) in [7, 11) is 6.49. The van der Waals surface area contributed by atoms with Crippen LogP contribution in [0.2, 0.25) is 0 Å². The lowest BCUT2D eigenvalue weighted by molar-refractivity contribution is 0.0751. The molecule has 32 heavy (non-hydrogen) atoms. The summed E-state index contributed by atoms with van der Waals surface area (Å²) in [6.45, 7) is 3.65. The largest absolute Gasteiger partial charge is 0.493 e. The molecule has 6 nitrogen and oxygen atoms in total. The van der Waals surface area contributed by atoms with Crippen LogP contribution in [0.4, 0.5) is 0 Å². The van der Waals surface area contributed by atoms with Crippen LogP contribution >= 0.6 is 0 Å². The van der Waals surface area contributed by atoms with Crippen LogP contribution in [0, 0.1) is 11.8 Å². The van der Waals surface area contributed by atoms with E-state index in [1.807, 2.05) is 43.3 Å². The number of ether oxygens (including phenoxy) is 4. The fraction of sp³-hybridized carbons (Fsp3) is 0.538. The molecule has 0 saturated heterocycles. The molecule has 0 aliphatic rings. The molecule has 0 radical (unpaired) electrons. The maximum absolute atomic E-state index is 10.7. The van der Waals surface area contributed by atoms with E-state index in [9.17, 15) is 10.2 Å². The zero-order chi connectivity index (χ0) is 23.7. The van der Waals surface area contributed by atoms with E-state index in [1.54, 1.807) is 35.4 Å². The number of benzene rings is 2. The third-order valence-electron chi connectivity index (χ3n) is 6.05. The lowest BCUT2D eigenvalue weighted by Gasteiger charge is -2.31. The van der Waals surface area contributed by atoms with Crippen LogP contribution in [0.5, 0.6) is 23.0 Å². The molecule has 4 atom stereocenters. The van der Waals surface area contributed by atoms with Crippen LogP contribution in [-0.2, 0) is 12.8 Å². The first-order valence-corrected chi connectivity index (χ1v) is 11.1. The molecule has 0 fully saturated rings. The molecule has 2 aromatic rings. The normalized spacial score (nSPS) is 14.9. The van der Waals surface area contributed by atoms with Crippen molar-refractivity contribution in [3.8, 4) is 23.0 Å². The molecule has 2 aromatic carbocycles. The van der Waals surface area contributed by atoms with Crippen molar-refractivity contribution in [2.45, 2.75) is 51.7 Å². The highest BCUT2D eigenvalue weighted by Crippen LogP contribution is 2.35. The molecule has 0 spiro atoms. The summed E-state index contributed by atoms with van der Waals surface area (Å²) in [4.78, 5) is 0. The quantitative estimate of drug-likeness (QED) is 0.478. The van der Waals surface area contributed by atoms with Crippen molar-refractivity contribution in [3.05, 3.63) is 47.5 Å². The second-order valence-electron chi connectivity index (χ2n) is 8.38. The van der Waals surface area contributed by atoms with E-state index in [0.717, 1.165) is 24.0 Å². The van der Waals surface area contributed by atoms with Gasteiger partial charge in [0.25, 0.3) is 0 Å². The van der Waals surface area contributed by atoms with Gasteiger partial charge in [-0.05, 0) is 86.8 Å². The summed E-state index contributed by atoms with van der Waals surface area (Å²) in [6, 6.07) is 11.8. The zero-order valence-electron chi connectivity index (χ0n) is 20.1. The van der Waals surface area contributed by atoms with Crippen LogP contribution in [0.15, 0.2) is 36.4 Å². The van der Waals surface area contributed by atoms with E-state index in [4.69, 9.17) is 18.9 Å². The predicted octanol–water partition coefficient (Wildman–Crippen LogP) is 4.28. The summed E-state index contributed by atoms with van der Waals surface area (Å²) in [6.07, 6.45) is 2.02. The van der Waals surface area contributed by atoms with Crippen LogP contribution in [-0.4, -0.2) is 50.9 Å². The molecule has 0 heterocycles. The monoisotopic (exact) mass is 446 g/mol. The molecule has 0 aromatic heterocycles. The van der Waals surface area contributed by atoms with Crippen LogP contribution in [0.1, 0.15) is 37.8 Å². The van der Waals surface area contributed by atoms with Crippen molar-refractivity contribution in [3.63, 3.8) is 0 Å². The molecule has 0 aliphatic heterocycles. The van der Waals surface area contributed by atoms with Crippen LogP contribution < -0.4 is 18.9 Å². The van der Waals surface area contributed by atoms with Gasteiger partial charge in [-0.2, -0.15) is 0 Å². The minimum absolute atomic E-state index is 0.0000485. The lowest BCUT2D eigenvalue weighted by atomic mass is 9.77. The SMILES string of the molecule is COc1ccc(C[C@H](CC[C@H](C)O)[C@H](Cc2ccc(OC)c(OC)c2)[C@H](C)O)cc1OC. The Bertz CT molecular complexity index is 833. The Morgan fingerprint density at radius 3 is 1.53 bits per heavy atom. The van der Waals surface area contributed by atoms with Gasteiger partial charge in [0.2, 0.25) is 0 Å². The van der Waals surface area contributed by atoms with Gasteiger partial charge in [0.15, 0.2) is 23.0 Å². The van der Waals surface area contributed by atoms with Gasteiger partial charge in [-0.3, -0.25) is 0 Å². The van der Waals surface area contributed by atoms with Crippen molar-refractivity contribution >= 4 is 0 Å². The van der Waals surface area contributed by atoms with Crippen molar-refractivity contribution in [1.29, 1.82) is 0 Å². The number of aliphatic hydroxyl groups is 2. The number of hydrogen-bond acceptors (Lipinski definition) is 6. The van der Waals surface area contributed by atoms with Gasteiger partial charge in [0, 0.05) is 0 Å². The summed E-state index contributed by atoms with van der Waals surface area (Å²) >= 11 is 0. The van der Waals surface area contributed by atoms with Gasteiger partial charge in [-0.1, -0.05) is 12.1 Å². The molecule has 0 aliphatic carbocycles. The van der Waals surface area contributed by atoms with Crippen molar-refractivity contribution in [2.24, 2.45) is 11.8 Å². The highest BCUT2D eigenvalue weighted by Gasteiger charge is 2.27. The maximum Gasteiger partial charge on any atom is 0.160 e. The van der Waals surface area contributed by atoms with Crippen LogP contribution in [0.25, 0.3) is 0 Å². The zero-order valence-corrected chi connectivity index (χ0v) is 20.1. The number of methoxy groups -OCH3 is 4. The molecule has 0 bridgehead atoms. The van der Waals surface area contributed by atoms with E-state index < -0.39 is 12.2 Å². The van der Waals surface area contributed by atoms with E-state index in [-0.39, 0.29) is 11.8 Å². The Hall–Kier alpha value is -2.44. The van der Waals surface area contributed by atoms with E-state index in [0.29, 0.717) is 35.8 Å². The second kappa shape index (κ2) is 12.6. The van der Waals surface area contributed by atoms with E-state index >= 15 is 0 Å². The first-order valence-electron chi connectivity index (χ1n) is 11.1. The highest BCUT2D eigenvalue weighted by molar-refractivity contribution is 5.44. The molecule has 0 unspecified atom stereocenters. The molecule has 2 rings (SSSR count). The summed E-state index contributed by atoms with van der Waals surface area (Å²) in [5.74, 6) is 2.90. The Morgan fingerprint density at radius 2 is 1.12 bits per heavy atom. The average Bonchev–Trinajstić information content (AvgIpc) is 2.79. The average molecular weight is 447 g/mol. The third kappa shape index (κ3) is 7.04. The first kappa shape index (κ1) is 25.8. The molecule has 178 valence electrons. The van der Waals surface area contributed by atoms with Crippen molar-refractivity contribution in [1.82, 2.24) is 0 Å². The first-order chi connectivity index (χ1) is 15.3. The van der Waals surface area contributed by atoms with Gasteiger partial charge >= 0.3 is 0 Å². The minimum Gasteiger partial charge on any atom is -0.493 e. The molecule has 0 saturated carbocycles. The smallest absolute Gasteiger partial charge is 0.160 e. The molecule has 2 N–H and O–H groups in total. The minimum atomic E-state index is -0.512. The highest BCUT2D eigenvalue weighted by atomic mass is 16.5. The van der Waals surface area contributed by atoms with Crippen molar-refractivity contribution < 1.29 is 29.2 Å².